The highest BCUT2D eigenvalue weighted by Gasteiger charge is 2.23. The number of benzene rings is 1. The molecule has 4 rings (SSSR count). The maximum Gasteiger partial charge on any atom is 0.271 e. The number of fused-ring (bicyclic) bond motifs is 2. The Hall–Kier alpha value is -3.09. The minimum atomic E-state index is -0.247. The lowest BCUT2D eigenvalue weighted by Gasteiger charge is -2.24. The second-order valence-corrected chi connectivity index (χ2v) is 6.24. The first-order valence-corrected chi connectivity index (χ1v) is 8.19. The molecule has 0 saturated heterocycles. The molecule has 0 fully saturated rings. The average Bonchev–Trinajstić information content (AvgIpc) is 2.62. The first-order valence-electron chi connectivity index (χ1n) is 8.19. The van der Waals surface area contributed by atoms with Crippen LogP contribution >= 0.6 is 0 Å². The van der Waals surface area contributed by atoms with E-state index in [1.54, 1.807) is 13.1 Å². The summed E-state index contributed by atoms with van der Waals surface area (Å²) in [5.74, 6) is -0.247. The maximum atomic E-state index is 12.5. The Morgan fingerprint density at radius 2 is 2.08 bits per heavy atom. The summed E-state index contributed by atoms with van der Waals surface area (Å²) in [6.45, 7) is 0. The van der Waals surface area contributed by atoms with E-state index in [4.69, 9.17) is 0 Å². The number of amides is 1. The first-order chi connectivity index (χ1) is 12.1. The number of carbonyl (C=O) groups is 1. The molecule has 0 radical (unpaired) electrons. The normalized spacial score (nSPS) is 16.4. The van der Waals surface area contributed by atoms with E-state index in [1.165, 1.54) is 10.9 Å². The van der Waals surface area contributed by atoms with Gasteiger partial charge in [0.2, 0.25) is 0 Å². The van der Waals surface area contributed by atoms with Crippen LogP contribution in [0.1, 0.15) is 28.2 Å². The molecule has 0 spiro atoms. The van der Waals surface area contributed by atoms with E-state index in [0.29, 0.717) is 17.6 Å². The van der Waals surface area contributed by atoms with E-state index in [0.717, 1.165) is 29.6 Å². The minimum absolute atomic E-state index is 0.0397. The molecule has 7 heteroatoms. The van der Waals surface area contributed by atoms with Crippen molar-refractivity contribution in [2.45, 2.75) is 25.3 Å². The van der Waals surface area contributed by atoms with E-state index in [-0.39, 0.29) is 17.5 Å². The van der Waals surface area contributed by atoms with Crippen LogP contribution in [0.2, 0.25) is 0 Å². The van der Waals surface area contributed by atoms with E-state index >= 15 is 0 Å². The molecule has 126 valence electrons. The Morgan fingerprint density at radius 3 is 2.92 bits per heavy atom. The quantitative estimate of drug-likeness (QED) is 0.755. The first kappa shape index (κ1) is 15.4. The Labute approximate surface area is 143 Å². The molecule has 25 heavy (non-hydrogen) atoms. The summed E-state index contributed by atoms with van der Waals surface area (Å²) in [6, 6.07) is 9.00. The zero-order chi connectivity index (χ0) is 17.4. The summed E-state index contributed by atoms with van der Waals surface area (Å²) in [7, 11) is 1.65. The largest absolute Gasteiger partial charge is 0.348 e. The van der Waals surface area contributed by atoms with E-state index in [2.05, 4.69) is 20.4 Å². The van der Waals surface area contributed by atoms with Crippen LogP contribution in [0.4, 0.5) is 0 Å². The van der Waals surface area contributed by atoms with Crippen LogP contribution < -0.4 is 10.9 Å². The Bertz CT molecular complexity index is 1030. The van der Waals surface area contributed by atoms with Crippen molar-refractivity contribution in [1.29, 1.82) is 0 Å². The molecule has 2 aromatic heterocycles. The smallest absolute Gasteiger partial charge is 0.271 e. The maximum absolute atomic E-state index is 12.5. The number of aryl methyl sites for hydroxylation is 2. The summed E-state index contributed by atoms with van der Waals surface area (Å²) < 4.78 is 1.35. The molecule has 3 aromatic rings. The van der Waals surface area contributed by atoms with Crippen LogP contribution in [0.15, 0.2) is 41.3 Å². The highest BCUT2D eigenvalue weighted by Crippen LogP contribution is 2.18. The van der Waals surface area contributed by atoms with E-state index in [9.17, 15) is 9.59 Å². The average molecular weight is 335 g/mol. The van der Waals surface area contributed by atoms with Crippen LogP contribution in [0.5, 0.6) is 0 Å². The summed E-state index contributed by atoms with van der Waals surface area (Å²) in [5.41, 5.74) is 3.45. The van der Waals surface area contributed by atoms with Gasteiger partial charge in [0.05, 0.1) is 22.9 Å². The van der Waals surface area contributed by atoms with Crippen molar-refractivity contribution >= 4 is 16.9 Å². The van der Waals surface area contributed by atoms with Gasteiger partial charge in [-0.05, 0) is 37.0 Å². The van der Waals surface area contributed by atoms with Gasteiger partial charge >= 0.3 is 0 Å². The number of para-hydroxylation sites is 2. The van der Waals surface area contributed by atoms with Crippen molar-refractivity contribution in [2.24, 2.45) is 7.05 Å². The van der Waals surface area contributed by atoms with Crippen molar-refractivity contribution in [2.75, 3.05) is 0 Å². The highest BCUT2D eigenvalue weighted by atomic mass is 16.2. The third kappa shape index (κ3) is 3.00. The van der Waals surface area contributed by atoms with Crippen molar-refractivity contribution in [1.82, 2.24) is 25.1 Å². The number of nitrogens with one attached hydrogen (secondary N) is 1. The number of hydrogen-bond donors (Lipinski definition) is 1. The number of carbonyl (C=O) groups excluding carboxylic acids is 1. The van der Waals surface area contributed by atoms with E-state index < -0.39 is 0 Å². The molecule has 1 aromatic carbocycles. The highest BCUT2D eigenvalue weighted by molar-refractivity contribution is 5.93. The standard InChI is InChI=1S/C18H17N5O2/c1-23-17(24)9-11-8-12(6-7-13(11)22-23)20-18(25)16-10-19-14-4-2-3-5-15(14)21-16/h2-5,9-10,12H,6-8H2,1H3,(H,20,25)/t12-/m0/s1. The van der Waals surface area contributed by atoms with Gasteiger partial charge in [-0.15, -0.1) is 0 Å². The zero-order valence-corrected chi connectivity index (χ0v) is 13.8. The molecule has 2 heterocycles. The van der Waals surface area contributed by atoms with Crippen molar-refractivity contribution < 1.29 is 4.79 Å². The molecule has 1 N–H and O–H groups in total. The number of nitrogens with zero attached hydrogens (tertiary/aromatic N) is 4. The van der Waals surface area contributed by atoms with Crippen LogP contribution in [-0.4, -0.2) is 31.7 Å². The van der Waals surface area contributed by atoms with Gasteiger partial charge in [-0.25, -0.2) is 9.67 Å². The predicted molar refractivity (Wildman–Crippen MR) is 92.3 cm³/mol. The monoisotopic (exact) mass is 335 g/mol. The third-order valence-corrected chi connectivity index (χ3v) is 4.47. The Morgan fingerprint density at radius 1 is 1.28 bits per heavy atom. The van der Waals surface area contributed by atoms with Gasteiger partial charge in [0, 0.05) is 19.2 Å². The number of rotatable bonds is 2. The molecule has 1 aliphatic carbocycles. The summed E-state index contributed by atoms with van der Waals surface area (Å²) in [6.07, 6.45) is 3.61. The number of hydrogen-bond acceptors (Lipinski definition) is 5. The van der Waals surface area contributed by atoms with Crippen LogP contribution in [0, 0.1) is 0 Å². The molecular weight excluding hydrogens is 318 g/mol. The Kier molecular flexibility index (Phi) is 3.76. The van der Waals surface area contributed by atoms with Gasteiger partial charge in [0.15, 0.2) is 0 Å². The molecule has 0 bridgehead atoms. The minimum Gasteiger partial charge on any atom is -0.348 e. The van der Waals surface area contributed by atoms with Crippen molar-refractivity contribution in [3.63, 3.8) is 0 Å². The van der Waals surface area contributed by atoms with Gasteiger partial charge in [-0.3, -0.25) is 14.6 Å². The topological polar surface area (TPSA) is 89.8 Å². The molecule has 0 aliphatic heterocycles. The van der Waals surface area contributed by atoms with Gasteiger partial charge in [-0.1, -0.05) is 12.1 Å². The summed E-state index contributed by atoms with van der Waals surface area (Å²) in [5, 5.41) is 7.29. The fourth-order valence-electron chi connectivity index (χ4n) is 3.14. The zero-order valence-electron chi connectivity index (χ0n) is 13.8. The molecule has 7 nitrogen and oxygen atoms in total. The fraction of sp³-hybridized carbons (Fsp3) is 0.278. The third-order valence-electron chi connectivity index (χ3n) is 4.47. The predicted octanol–water partition coefficient (Wildman–Crippen LogP) is 1.01. The van der Waals surface area contributed by atoms with Gasteiger partial charge in [0.25, 0.3) is 11.5 Å². The second kappa shape index (κ2) is 6.08. The Balaban J connectivity index is 1.52. The van der Waals surface area contributed by atoms with Gasteiger partial charge in [0.1, 0.15) is 5.69 Å². The van der Waals surface area contributed by atoms with Gasteiger partial charge < -0.3 is 5.32 Å². The van der Waals surface area contributed by atoms with Crippen molar-refractivity contribution in [3.05, 3.63) is 63.8 Å². The summed E-state index contributed by atoms with van der Waals surface area (Å²) >= 11 is 0. The van der Waals surface area contributed by atoms with Crippen LogP contribution in [0.25, 0.3) is 11.0 Å². The SMILES string of the molecule is Cn1nc2c(cc1=O)C[C@@H](NC(=O)c1cnc3ccccc3n1)CC2. The molecule has 0 saturated carbocycles. The summed E-state index contributed by atoms with van der Waals surface area (Å²) in [4.78, 5) is 32.9. The molecule has 1 aliphatic rings. The molecule has 1 atom stereocenters. The molecular formula is C18H17N5O2. The van der Waals surface area contributed by atoms with Crippen LogP contribution in [-0.2, 0) is 19.9 Å². The lowest BCUT2D eigenvalue weighted by Crippen LogP contribution is -2.40. The van der Waals surface area contributed by atoms with Gasteiger partial charge in [-0.2, -0.15) is 5.10 Å². The number of aromatic nitrogens is 4. The molecule has 1 amide bonds. The lowest BCUT2D eigenvalue weighted by atomic mass is 9.92. The molecule has 0 unspecified atom stereocenters. The fourth-order valence-corrected chi connectivity index (χ4v) is 3.14. The lowest BCUT2D eigenvalue weighted by molar-refractivity contribution is 0.0928. The van der Waals surface area contributed by atoms with Crippen molar-refractivity contribution in [3.8, 4) is 0 Å². The van der Waals surface area contributed by atoms with E-state index in [1.807, 2.05) is 24.3 Å². The second-order valence-electron chi connectivity index (χ2n) is 6.24. The van der Waals surface area contributed by atoms with Crippen LogP contribution in [0.3, 0.4) is 0 Å².